The molecule has 2 atom stereocenters. The number of aliphatic hydroxyl groups excluding tert-OH is 1. The molecule has 0 aromatic carbocycles. The Balaban J connectivity index is 1.88. The molecule has 0 aliphatic carbocycles. The van der Waals surface area contributed by atoms with Gasteiger partial charge in [-0.1, -0.05) is 0 Å². The lowest BCUT2D eigenvalue weighted by Crippen LogP contribution is -2.58. The van der Waals surface area contributed by atoms with Crippen molar-refractivity contribution in [2.24, 2.45) is 5.92 Å². The first-order valence-corrected chi connectivity index (χ1v) is 7.26. The van der Waals surface area contributed by atoms with E-state index in [1.54, 1.807) is 0 Å². The molecule has 0 spiro atoms. The normalized spacial score (nSPS) is 30.8. The van der Waals surface area contributed by atoms with Gasteiger partial charge in [-0.3, -0.25) is 4.90 Å². The topological polar surface area (TPSA) is 50.8 Å². The molecule has 2 aliphatic rings. The molecule has 2 rings (SSSR count). The summed E-state index contributed by atoms with van der Waals surface area (Å²) in [6.07, 6.45) is 1.25. The van der Waals surface area contributed by atoms with Crippen molar-refractivity contribution in [3.05, 3.63) is 0 Å². The van der Waals surface area contributed by atoms with Crippen LogP contribution in [0, 0.1) is 5.92 Å². The van der Waals surface area contributed by atoms with Crippen molar-refractivity contribution >= 4 is 0 Å². The summed E-state index contributed by atoms with van der Waals surface area (Å²) in [5.41, 5.74) is 0. The van der Waals surface area contributed by atoms with E-state index in [0.29, 0.717) is 6.04 Å². The maximum atomic E-state index is 9.01. The quantitative estimate of drug-likeness (QED) is 0.576. The number of piperazine rings is 1. The molecule has 2 fully saturated rings. The molecule has 0 amide bonds. The van der Waals surface area contributed by atoms with Gasteiger partial charge in [0.2, 0.25) is 0 Å². The number of aliphatic hydroxyl groups is 1. The Hall–Kier alpha value is -0.200. The van der Waals surface area contributed by atoms with Crippen LogP contribution in [0.3, 0.4) is 0 Å². The Kier molecular flexibility index (Phi) is 5.85. The first-order chi connectivity index (χ1) is 8.81. The molecule has 0 saturated carbocycles. The summed E-state index contributed by atoms with van der Waals surface area (Å²) in [6, 6.07) is 0.669. The number of hydrogen-bond acceptors (Lipinski definition) is 5. The van der Waals surface area contributed by atoms with Crippen LogP contribution in [0.1, 0.15) is 6.42 Å². The van der Waals surface area contributed by atoms with Gasteiger partial charge in [0.1, 0.15) is 0 Å². The number of hydrogen-bond donors (Lipinski definition) is 3. The summed E-state index contributed by atoms with van der Waals surface area (Å²) in [6.45, 7) is 9.01. The summed E-state index contributed by atoms with van der Waals surface area (Å²) in [5.74, 6) is 0.737. The van der Waals surface area contributed by atoms with Gasteiger partial charge in [0.05, 0.1) is 6.61 Å². The predicted molar refractivity (Wildman–Crippen MR) is 73.8 cm³/mol. The van der Waals surface area contributed by atoms with Crippen LogP contribution >= 0.6 is 0 Å². The fourth-order valence-corrected chi connectivity index (χ4v) is 3.21. The zero-order chi connectivity index (χ0) is 12.8. The Bertz CT molecular complexity index is 233. The summed E-state index contributed by atoms with van der Waals surface area (Å²) in [4.78, 5) is 4.91. The standard InChI is InChI=1S/C13H28N4O/c1-16(8-9-18)11-12-2-3-15-10-13(12)17-6-4-14-5-7-17/h12-15,18H,2-11H2,1H3. The van der Waals surface area contributed by atoms with E-state index >= 15 is 0 Å². The van der Waals surface area contributed by atoms with Gasteiger partial charge in [0, 0.05) is 51.9 Å². The lowest BCUT2D eigenvalue weighted by molar-refractivity contribution is 0.0781. The fourth-order valence-electron chi connectivity index (χ4n) is 3.21. The van der Waals surface area contributed by atoms with Crippen molar-refractivity contribution in [3.8, 4) is 0 Å². The number of piperidine rings is 1. The van der Waals surface area contributed by atoms with Crippen LogP contribution < -0.4 is 10.6 Å². The van der Waals surface area contributed by atoms with Gasteiger partial charge < -0.3 is 20.6 Å². The van der Waals surface area contributed by atoms with E-state index in [-0.39, 0.29) is 6.61 Å². The van der Waals surface area contributed by atoms with Crippen LogP contribution in [0.2, 0.25) is 0 Å². The van der Waals surface area contributed by atoms with Crippen LogP contribution in [-0.4, -0.2) is 87.0 Å². The zero-order valence-electron chi connectivity index (χ0n) is 11.6. The van der Waals surface area contributed by atoms with Crippen LogP contribution in [0.25, 0.3) is 0 Å². The summed E-state index contributed by atoms with van der Waals surface area (Å²) in [7, 11) is 2.12. The van der Waals surface area contributed by atoms with Gasteiger partial charge in [-0.15, -0.1) is 0 Å². The maximum Gasteiger partial charge on any atom is 0.0558 e. The lowest BCUT2D eigenvalue weighted by Gasteiger charge is -2.43. The van der Waals surface area contributed by atoms with E-state index in [9.17, 15) is 0 Å². The Morgan fingerprint density at radius 3 is 2.72 bits per heavy atom. The highest BCUT2D eigenvalue weighted by Gasteiger charge is 2.31. The Morgan fingerprint density at radius 2 is 2.00 bits per heavy atom. The minimum Gasteiger partial charge on any atom is -0.395 e. The number of nitrogens with zero attached hydrogens (tertiary/aromatic N) is 2. The zero-order valence-corrected chi connectivity index (χ0v) is 11.6. The molecule has 2 heterocycles. The summed E-state index contributed by atoms with van der Waals surface area (Å²) >= 11 is 0. The summed E-state index contributed by atoms with van der Waals surface area (Å²) in [5, 5.41) is 16.0. The minimum atomic E-state index is 0.264. The molecule has 5 nitrogen and oxygen atoms in total. The van der Waals surface area contributed by atoms with E-state index in [0.717, 1.165) is 45.2 Å². The highest BCUT2D eigenvalue weighted by molar-refractivity contribution is 4.88. The molecule has 5 heteroatoms. The van der Waals surface area contributed by atoms with Crippen LogP contribution in [0.5, 0.6) is 0 Å². The molecule has 106 valence electrons. The van der Waals surface area contributed by atoms with Crippen LogP contribution in [0.15, 0.2) is 0 Å². The molecule has 2 aliphatic heterocycles. The van der Waals surface area contributed by atoms with Crippen molar-refractivity contribution in [1.29, 1.82) is 0 Å². The second-order valence-electron chi connectivity index (χ2n) is 5.59. The second kappa shape index (κ2) is 7.40. The third-order valence-corrected chi connectivity index (χ3v) is 4.24. The van der Waals surface area contributed by atoms with E-state index in [1.165, 1.54) is 19.5 Å². The van der Waals surface area contributed by atoms with E-state index in [2.05, 4.69) is 27.5 Å². The smallest absolute Gasteiger partial charge is 0.0558 e. The number of rotatable bonds is 5. The fraction of sp³-hybridized carbons (Fsp3) is 1.00. The highest BCUT2D eigenvalue weighted by atomic mass is 16.3. The van der Waals surface area contributed by atoms with Gasteiger partial charge in [0.25, 0.3) is 0 Å². The van der Waals surface area contributed by atoms with Gasteiger partial charge in [-0.05, 0) is 25.9 Å². The molecular weight excluding hydrogens is 228 g/mol. The van der Waals surface area contributed by atoms with Gasteiger partial charge in [-0.2, -0.15) is 0 Å². The minimum absolute atomic E-state index is 0.264. The Labute approximate surface area is 111 Å². The molecular formula is C13H28N4O. The average Bonchev–Trinajstić information content (AvgIpc) is 2.40. The van der Waals surface area contributed by atoms with Gasteiger partial charge in [0.15, 0.2) is 0 Å². The van der Waals surface area contributed by atoms with Gasteiger partial charge >= 0.3 is 0 Å². The third-order valence-electron chi connectivity index (χ3n) is 4.24. The SMILES string of the molecule is CN(CCO)CC1CCNCC1N1CCNCC1. The van der Waals surface area contributed by atoms with Crippen molar-refractivity contribution in [3.63, 3.8) is 0 Å². The number of nitrogens with one attached hydrogen (secondary N) is 2. The van der Waals surface area contributed by atoms with Crippen LogP contribution in [0.4, 0.5) is 0 Å². The molecule has 0 aromatic heterocycles. The molecule has 0 radical (unpaired) electrons. The predicted octanol–water partition coefficient (Wildman–Crippen LogP) is -1.21. The summed E-state index contributed by atoms with van der Waals surface area (Å²) < 4.78 is 0. The molecule has 2 saturated heterocycles. The second-order valence-corrected chi connectivity index (χ2v) is 5.59. The first kappa shape index (κ1) is 14.2. The van der Waals surface area contributed by atoms with Crippen molar-refractivity contribution in [2.75, 3.05) is 66.0 Å². The van der Waals surface area contributed by atoms with Crippen molar-refractivity contribution in [2.45, 2.75) is 12.5 Å². The van der Waals surface area contributed by atoms with Crippen molar-refractivity contribution < 1.29 is 5.11 Å². The molecule has 0 bridgehead atoms. The third kappa shape index (κ3) is 3.90. The van der Waals surface area contributed by atoms with E-state index < -0.39 is 0 Å². The average molecular weight is 256 g/mol. The van der Waals surface area contributed by atoms with E-state index in [4.69, 9.17) is 5.11 Å². The first-order valence-electron chi connectivity index (χ1n) is 7.26. The van der Waals surface area contributed by atoms with E-state index in [1.807, 2.05) is 0 Å². The molecule has 18 heavy (non-hydrogen) atoms. The largest absolute Gasteiger partial charge is 0.395 e. The Morgan fingerprint density at radius 1 is 1.22 bits per heavy atom. The number of likely N-dealkylation sites (N-methyl/N-ethyl adjacent to an activating group) is 1. The van der Waals surface area contributed by atoms with Gasteiger partial charge in [-0.25, -0.2) is 0 Å². The maximum absolute atomic E-state index is 9.01. The van der Waals surface area contributed by atoms with Crippen LogP contribution in [-0.2, 0) is 0 Å². The highest BCUT2D eigenvalue weighted by Crippen LogP contribution is 2.19. The molecule has 0 aromatic rings. The molecule has 2 unspecified atom stereocenters. The molecule has 3 N–H and O–H groups in total. The lowest BCUT2D eigenvalue weighted by atomic mass is 9.90. The monoisotopic (exact) mass is 256 g/mol. The van der Waals surface area contributed by atoms with Crippen molar-refractivity contribution in [1.82, 2.24) is 20.4 Å².